The molecule has 1 aliphatic rings. The van der Waals surface area contributed by atoms with Crippen LogP contribution >= 0.6 is 0 Å². The highest BCUT2D eigenvalue weighted by Gasteiger charge is 2.25. The molecule has 2 aromatic heterocycles. The third kappa shape index (κ3) is 5.61. The van der Waals surface area contributed by atoms with E-state index in [-0.39, 0.29) is 24.7 Å². The van der Waals surface area contributed by atoms with Gasteiger partial charge in [-0.05, 0) is 52.5 Å². The van der Waals surface area contributed by atoms with E-state index in [0.29, 0.717) is 5.71 Å². The SMILES string of the molecule is CC(C)(C)OC(=O)COC1CCCC(Nc2ncnc3oc(-c4ccccc4)cc23)C1. The van der Waals surface area contributed by atoms with Gasteiger partial charge in [-0.2, -0.15) is 0 Å². The molecule has 31 heavy (non-hydrogen) atoms. The van der Waals surface area contributed by atoms with E-state index in [1.165, 1.54) is 6.33 Å². The molecule has 1 N–H and O–H groups in total. The molecule has 0 aliphatic heterocycles. The highest BCUT2D eigenvalue weighted by Crippen LogP contribution is 2.31. The molecule has 0 amide bonds. The molecule has 1 fully saturated rings. The first kappa shape index (κ1) is 21.3. The van der Waals surface area contributed by atoms with Gasteiger partial charge in [-0.25, -0.2) is 14.8 Å². The number of benzene rings is 1. The fourth-order valence-electron chi connectivity index (χ4n) is 3.89. The van der Waals surface area contributed by atoms with Crippen molar-refractivity contribution in [2.45, 2.75) is 64.2 Å². The second-order valence-electron chi connectivity index (χ2n) is 8.95. The van der Waals surface area contributed by atoms with E-state index in [2.05, 4.69) is 15.3 Å². The van der Waals surface area contributed by atoms with E-state index < -0.39 is 5.60 Å². The number of nitrogens with zero attached hydrogens (tertiary/aromatic N) is 2. The van der Waals surface area contributed by atoms with Crippen LogP contribution in [0, 0.1) is 0 Å². The molecule has 0 spiro atoms. The van der Waals surface area contributed by atoms with Crippen molar-refractivity contribution < 1.29 is 18.7 Å². The van der Waals surface area contributed by atoms with Crippen LogP contribution in [0.2, 0.25) is 0 Å². The molecule has 1 aromatic carbocycles. The lowest BCUT2D eigenvalue weighted by atomic mass is 9.92. The van der Waals surface area contributed by atoms with Gasteiger partial charge in [0.05, 0.1) is 11.5 Å². The third-order valence-corrected chi connectivity index (χ3v) is 5.21. The lowest BCUT2D eigenvalue weighted by Crippen LogP contribution is -2.34. The van der Waals surface area contributed by atoms with E-state index >= 15 is 0 Å². The summed E-state index contributed by atoms with van der Waals surface area (Å²) in [4.78, 5) is 20.7. The van der Waals surface area contributed by atoms with Crippen LogP contribution in [-0.2, 0) is 14.3 Å². The number of hydrogen-bond acceptors (Lipinski definition) is 7. The minimum absolute atomic E-state index is 0.0142. The van der Waals surface area contributed by atoms with Crippen molar-refractivity contribution in [3.05, 3.63) is 42.7 Å². The van der Waals surface area contributed by atoms with Gasteiger partial charge in [-0.3, -0.25) is 0 Å². The number of hydrogen-bond donors (Lipinski definition) is 1. The summed E-state index contributed by atoms with van der Waals surface area (Å²) in [5.41, 5.74) is 1.06. The quantitative estimate of drug-likeness (QED) is 0.560. The zero-order valence-corrected chi connectivity index (χ0v) is 18.3. The van der Waals surface area contributed by atoms with Crippen LogP contribution in [0.3, 0.4) is 0 Å². The molecule has 0 radical (unpaired) electrons. The molecule has 164 valence electrons. The van der Waals surface area contributed by atoms with Gasteiger partial charge in [-0.15, -0.1) is 0 Å². The molecule has 2 unspecified atom stereocenters. The molecule has 7 nitrogen and oxygen atoms in total. The summed E-state index contributed by atoms with van der Waals surface area (Å²) in [6, 6.07) is 12.1. The minimum Gasteiger partial charge on any atom is -0.458 e. The van der Waals surface area contributed by atoms with Gasteiger partial charge in [0.25, 0.3) is 0 Å². The minimum atomic E-state index is -0.501. The molecule has 4 rings (SSSR count). The maximum absolute atomic E-state index is 11.9. The number of ether oxygens (including phenoxy) is 2. The van der Waals surface area contributed by atoms with Gasteiger partial charge in [-0.1, -0.05) is 30.3 Å². The van der Waals surface area contributed by atoms with E-state index in [4.69, 9.17) is 13.9 Å². The lowest BCUT2D eigenvalue weighted by Gasteiger charge is -2.30. The molecule has 1 aliphatic carbocycles. The fraction of sp³-hybridized carbons (Fsp3) is 0.458. The van der Waals surface area contributed by atoms with E-state index in [1.807, 2.05) is 57.2 Å². The number of furan rings is 1. The van der Waals surface area contributed by atoms with Crippen molar-refractivity contribution in [1.82, 2.24) is 9.97 Å². The number of rotatable bonds is 6. The number of anilines is 1. The Labute approximate surface area is 182 Å². The number of carbonyl (C=O) groups is 1. The smallest absolute Gasteiger partial charge is 0.332 e. The van der Waals surface area contributed by atoms with Crippen LogP contribution in [0.15, 0.2) is 47.1 Å². The normalized spacial score (nSPS) is 19.3. The average Bonchev–Trinajstić information content (AvgIpc) is 3.18. The van der Waals surface area contributed by atoms with Gasteiger partial charge >= 0.3 is 5.97 Å². The van der Waals surface area contributed by atoms with Crippen LogP contribution < -0.4 is 5.32 Å². The Morgan fingerprint density at radius 2 is 2.00 bits per heavy atom. The van der Waals surface area contributed by atoms with Gasteiger partial charge in [0, 0.05) is 11.6 Å². The van der Waals surface area contributed by atoms with Crippen molar-refractivity contribution in [3.63, 3.8) is 0 Å². The summed E-state index contributed by atoms with van der Waals surface area (Å²) >= 11 is 0. The van der Waals surface area contributed by atoms with Crippen LogP contribution in [0.5, 0.6) is 0 Å². The molecule has 1 saturated carbocycles. The summed E-state index contributed by atoms with van der Waals surface area (Å²) in [5.74, 6) is 1.20. The maximum Gasteiger partial charge on any atom is 0.332 e. The van der Waals surface area contributed by atoms with Crippen LogP contribution in [0.1, 0.15) is 46.5 Å². The van der Waals surface area contributed by atoms with Crippen LogP contribution in [0.25, 0.3) is 22.4 Å². The van der Waals surface area contributed by atoms with Gasteiger partial charge < -0.3 is 19.2 Å². The number of fused-ring (bicyclic) bond motifs is 1. The Morgan fingerprint density at radius 1 is 1.19 bits per heavy atom. The van der Waals surface area contributed by atoms with Crippen molar-refractivity contribution in [3.8, 4) is 11.3 Å². The van der Waals surface area contributed by atoms with E-state index in [1.54, 1.807) is 0 Å². The summed E-state index contributed by atoms with van der Waals surface area (Å²) in [7, 11) is 0. The molecule has 7 heteroatoms. The molecular formula is C24H29N3O4. The Hall–Kier alpha value is -2.93. The summed E-state index contributed by atoms with van der Waals surface area (Å²) in [5, 5.41) is 4.40. The Morgan fingerprint density at radius 3 is 2.77 bits per heavy atom. The molecule has 0 saturated heterocycles. The number of aromatic nitrogens is 2. The second-order valence-corrected chi connectivity index (χ2v) is 8.95. The zero-order valence-electron chi connectivity index (χ0n) is 18.3. The van der Waals surface area contributed by atoms with Gasteiger partial charge in [0.1, 0.15) is 30.1 Å². The number of esters is 1. The monoisotopic (exact) mass is 423 g/mol. The average molecular weight is 424 g/mol. The Kier molecular flexibility index (Phi) is 6.23. The van der Waals surface area contributed by atoms with Crippen LogP contribution in [0.4, 0.5) is 5.82 Å². The summed E-state index contributed by atoms with van der Waals surface area (Å²) in [6.07, 6.45) is 5.30. The highest BCUT2D eigenvalue weighted by atomic mass is 16.6. The first-order chi connectivity index (χ1) is 14.9. The summed E-state index contributed by atoms with van der Waals surface area (Å²) < 4.78 is 17.1. The van der Waals surface area contributed by atoms with Crippen LogP contribution in [-0.4, -0.2) is 40.3 Å². The first-order valence-electron chi connectivity index (χ1n) is 10.8. The number of carbonyl (C=O) groups excluding carboxylic acids is 1. The summed E-state index contributed by atoms with van der Waals surface area (Å²) in [6.45, 7) is 5.54. The largest absolute Gasteiger partial charge is 0.458 e. The van der Waals surface area contributed by atoms with E-state index in [0.717, 1.165) is 48.2 Å². The zero-order chi connectivity index (χ0) is 21.8. The standard InChI is InChI=1S/C24H29N3O4/c1-24(2,3)31-21(28)14-29-18-11-7-10-17(12-18)27-22-19-13-20(16-8-5-4-6-9-16)30-23(19)26-15-25-22/h4-6,8-9,13,15,17-18H,7,10-12,14H2,1-3H3,(H,25,26,27). The lowest BCUT2D eigenvalue weighted by molar-refractivity contribution is -0.162. The Balaban J connectivity index is 1.40. The topological polar surface area (TPSA) is 86.5 Å². The van der Waals surface area contributed by atoms with Crippen molar-refractivity contribution in [2.24, 2.45) is 0 Å². The number of nitrogens with one attached hydrogen (secondary N) is 1. The first-order valence-corrected chi connectivity index (χ1v) is 10.8. The molecule has 0 bridgehead atoms. The maximum atomic E-state index is 11.9. The van der Waals surface area contributed by atoms with Crippen molar-refractivity contribution >= 4 is 22.9 Å². The Bertz CT molecular complexity index is 1030. The fourth-order valence-corrected chi connectivity index (χ4v) is 3.89. The molecular weight excluding hydrogens is 394 g/mol. The predicted octanol–water partition coefficient (Wildman–Crippen LogP) is 4.97. The van der Waals surface area contributed by atoms with E-state index in [9.17, 15) is 4.79 Å². The molecule has 2 heterocycles. The molecule has 2 atom stereocenters. The van der Waals surface area contributed by atoms with Gasteiger partial charge in [0.2, 0.25) is 5.71 Å². The second kappa shape index (κ2) is 9.06. The van der Waals surface area contributed by atoms with Crippen molar-refractivity contribution in [2.75, 3.05) is 11.9 Å². The molecule has 3 aromatic rings. The highest BCUT2D eigenvalue weighted by molar-refractivity contribution is 5.89. The van der Waals surface area contributed by atoms with Gasteiger partial charge in [0.15, 0.2) is 0 Å². The van der Waals surface area contributed by atoms with Crippen molar-refractivity contribution in [1.29, 1.82) is 0 Å². The predicted molar refractivity (Wildman–Crippen MR) is 119 cm³/mol. The third-order valence-electron chi connectivity index (χ3n) is 5.21.